The third kappa shape index (κ3) is 2.75. The molecule has 2 N–H and O–H groups in total. The van der Waals surface area contributed by atoms with Gasteiger partial charge in [0.25, 0.3) is 5.78 Å². The zero-order chi connectivity index (χ0) is 19.6. The minimum absolute atomic E-state index is 0.285. The summed E-state index contributed by atoms with van der Waals surface area (Å²) in [5, 5.41) is 4.38. The monoisotopic (exact) mass is 380 g/mol. The molecule has 0 unspecified atom stereocenters. The highest BCUT2D eigenvalue weighted by Gasteiger charge is 2.50. The summed E-state index contributed by atoms with van der Waals surface area (Å²) in [6, 6.07) is 4.61. The summed E-state index contributed by atoms with van der Waals surface area (Å²) in [5.41, 5.74) is 4.42. The zero-order valence-electron chi connectivity index (χ0n) is 14.5. The van der Waals surface area contributed by atoms with Crippen molar-refractivity contribution in [3.05, 3.63) is 47.0 Å². The van der Waals surface area contributed by atoms with Gasteiger partial charge in [0.15, 0.2) is 5.82 Å². The molecule has 1 saturated carbocycles. The van der Waals surface area contributed by atoms with Gasteiger partial charge in [-0.1, -0.05) is 6.07 Å². The highest BCUT2D eigenvalue weighted by atomic mass is 19.4. The molecule has 1 fully saturated rings. The maximum atomic E-state index is 14.0. The number of halogens is 4. The third-order valence-electron chi connectivity index (χ3n) is 4.79. The molecule has 27 heavy (non-hydrogen) atoms. The summed E-state index contributed by atoms with van der Waals surface area (Å²) >= 11 is 0. The number of rotatable bonds is 3. The van der Waals surface area contributed by atoms with Gasteiger partial charge in [-0.3, -0.25) is 0 Å². The Balaban J connectivity index is 1.79. The normalized spacial score (nSPS) is 15.9. The van der Waals surface area contributed by atoms with Crippen LogP contribution in [-0.2, 0) is 11.6 Å². The predicted molar refractivity (Wildman–Crippen MR) is 90.9 cm³/mol. The van der Waals surface area contributed by atoms with E-state index in [2.05, 4.69) is 15.1 Å². The smallest absolute Gasteiger partial charge is 0.383 e. The van der Waals surface area contributed by atoms with Crippen molar-refractivity contribution >= 4 is 17.4 Å². The number of anilines is 2. The molecule has 0 bridgehead atoms. The van der Waals surface area contributed by atoms with Gasteiger partial charge in [-0.15, -0.1) is 5.10 Å². The molecule has 0 aliphatic heterocycles. The average Bonchev–Trinajstić information content (AvgIpc) is 3.26. The molecule has 0 saturated heterocycles. The summed E-state index contributed by atoms with van der Waals surface area (Å²) < 4.78 is 53.8. The SMILES string of the molecule is CN(C)c1cc(N)n2nc(C3(c4ccc(C(F)(F)F)c(F)c4)CC3)nc2n1. The van der Waals surface area contributed by atoms with Crippen LogP contribution in [0.15, 0.2) is 24.3 Å². The summed E-state index contributed by atoms with van der Waals surface area (Å²) in [6.07, 6.45) is -3.52. The molecule has 1 aliphatic carbocycles. The van der Waals surface area contributed by atoms with Crippen molar-refractivity contribution in [3.63, 3.8) is 0 Å². The van der Waals surface area contributed by atoms with E-state index in [1.54, 1.807) is 11.0 Å². The van der Waals surface area contributed by atoms with E-state index < -0.39 is 23.0 Å². The molecule has 0 atom stereocenters. The van der Waals surface area contributed by atoms with Gasteiger partial charge in [-0.05, 0) is 30.5 Å². The number of benzene rings is 1. The second-order valence-electron chi connectivity index (χ2n) is 6.86. The van der Waals surface area contributed by atoms with Crippen molar-refractivity contribution in [3.8, 4) is 0 Å². The number of hydrogen-bond donors (Lipinski definition) is 1. The number of nitrogens with zero attached hydrogens (tertiary/aromatic N) is 5. The molecule has 0 amide bonds. The molecule has 3 aromatic rings. The van der Waals surface area contributed by atoms with Gasteiger partial charge >= 0.3 is 6.18 Å². The van der Waals surface area contributed by atoms with Crippen molar-refractivity contribution in [1.82, 2.24) is 19.6 Å². The van der Waals surface area contributed by atoms with Crippen molar-refractivity contribution in [2.45, 2.75) is 24.4 Å². The molecule has 10 heteroatoms. The molecular formula is C17H16F4N6. The second kappa shape index (κ2) is 5.54. The summed E-state index contributed by atoms with van der Waals surface area (Å²) in [6.45, 7) is 0. The largest absolute Gasteiger partial charge is 0.419 e. The first-order chi connectivity index (χ1) is 12.6. The van der Waals surface area contributed by atoms with E-state index in [1.807, 2.05) is 14.1 Å². The summed E-state index contributed by atoms with van der Waals surface area (Å²) in [7, 11) is 3.62. The Morgan fingerprint density at radius 2 is 1.85 bits per heavy atom. The maximum Gasteiger partial charge on any atom is 0.419 e. The first-order valence-corrected chi connectivity index (χ1v) is 8.20. The van der Waals surface area contributed by atoms with Gasteiger partial charge in [0, 0.05) is 20.2 Å². The van der Waals surface area contributed by atoms with Gasteiger partial charge in [0.05, 0.1) is 11.0 Å². The Labute approximate surface area is 151 Å². The first kappa shape index (κ1) is 17.5. The molecule has 2 aromatic heterocycles. The van der Waals surface area contributed by atoms with Crippen LogP contribution in [0.2, 0.25) is 0 Å². The lowest BCUT2D eigenvalue weighted by atomic mass is 9.94. The predicted octanol–water partition coefficient (Wildman–Crippen LogP) is 3.01. The van der Waals surface area contributed by atoms with Crippen molar-refractivity contribution in [1.29, 1.82) is 0 Å². The quantitative estimate of drug-likeness (QED) is 0.708. The van der Waals surface area contributed by atoms with Crippen LogP contribution in [-0.4, -0.2) is 33.7 Å². The second-order valence-corrected chi connectivity index (χ2v) is 6.86. The molecule has 1 aliphatic rings. The van der Waals surface area contributed by atoms with Gasteiger partial charge in [-0.2, -0.15) is 27.7 Å². The van der Waals surface area contributed by atoms with E-state index in [4.69, 9.17) is 5.73 Å². The van der Waals surface area contributed by atoms with Crippen LogP contribution in [0.3, 0.4) is 0 Å². The van der Waals surface area contributed by atoms with Crippen LogP contribution < -0.4 is 10.6 Å². The van der Waals surface area contributed by atoms with Crippen LogP contribution >= 0.6 is 0 Å². The Hall–Kier alpha value is -2.91. The van der Waals surface area contributed by atoms with Gasteiger partial charge in [0.1, 0.15) is 17.5 Å². The van der Waals surface area contributed by atoms with Gasteiger partial charge < -0.3 is 10.6 Å². The number of hydrogen-bond acceptors (Lipinski definition) is 5. The molecule has 2 heterocycles. The van der Waals surface area contributed by atoms with Crippen LogP contribution in [0, 0.1) is 5.82 Å². The average molecular weight is 380 g/mol. The number of nitrogen functional groups attached to an aromatic ring is 1. The zero-order valence-corrected chi connectivity index (χ0v) is 14.5. The van der Waals surface area contributed by atoms with Crippen LogP contribution in [0.25, 0.3) is 5.78 Å². The topological polar surface area (TPSA) is 72.3 Å². The third-order valence-corrected chi connectivity index (χ3v) is 4.79. The molecule has 6 nitrogen and oxygen atoms in total. The first-order valence-electron chi connectivity index (χ1n) is 8.20. The van der Waals surface area contributed by atoms with Crippen molar-refractivity contribution in [2.75, 3.05) is 24.7 Å². The molecule has 1 aromatic carbocycles. The molecule has 142 valence electrons. The highest BCUT2D eigenvalue weighted by Crippen LogP contribution is 2.52. The van der Waals surface area contributed by atoms with Crippen molar-refractivity contribution < 1.29 is 17.6 Å². The lowest BCUT2D eigenvalue weighted by molar-refractivity contribution is -0.140. The fraction of sp³-hybridized carbons (Fsp3) is 0.353. The number of fused-ring (bicyclic) bond motifs is 1. The van der Waals surface area contributed by atoms with E-state index in [0.717, 1.165) is 12.1 Å². The minimum atomic E-state index is -4.73. The number of alkyl halides is 3. The van der Waals surface area contributed by atoms with Gasteiger partial charge in [-0.25, -0.2) is 4.39 Å². The Morgan fingerprint density at radius 1 is 1.15 bits per heavy atom. The minimum Gasteiger partial charge on any atom is -0.383 e. The number of aromatic nitrogens is 4. The highest BCUT2D eigenvalue weighted by molar-refractivity contribution is 5.54. The Kier molecular flexibility index (Phi) is 3.59. The van der Waals surface area contributed by atoms with E-state index in [0.29, 0.717) is 35.9 Å². The van der Waals surface area contributed by atoms with E-state index in [1.165, 1.54) is 10.6 Å². The number of nitrogens with two attached hydrogens (primary N) is 1. The lowest BCUT2D eigenvalue weighted by Gasteiger charge is -2.14. The fourth-order valence-electron chi connectivity index (χ4n) is 3.12. The Morgan fingerprint density at radius 3 is 2.41 bits per heavy atom. The van der Waals surface area contributed by atoms with Crippen LogP contribution in [0.5, 0.6) is 0 Å². The fourth-order valence-corrected chi connectivity index (χ4v) is 3.12. The van der Waals surface area contributed by atoms with E-state index in [9.17, 15) is 17.6 Å². The van der Waals surface area contributed by atoms with Crippen LogP contribution in [0.4, 0.5) is 29.2 Å². The molecule has 0 spiro atoms. The molecule has 4 rings (SSSR count). The van der Waals surface area contributed by atoms with E-state index >= 15 is 0 Å². The van der Waals surface area contributed by atoms with Crippen LogP contribution in [0.1, 0.15) is 29.8 Å². The lowest BCUT2D eigenvalue weighted by Crippen LogP contribution is -2.14. The van der Waals surface area contributed by atoms with E-state index in [-0.39, 0.29) is 5.78 Å². The van der Waals surface area contributed by atoms with Gasteiger partial charge in [0.2, 0.25) is 0 Å². The Bertz CT molecular complexity index is 1040. The molecular weight excluding hydrogens is 364 g/mol. The summed E-state index contributed by atoms with van der Waals surface area (Å²) in [5.74, 6) is 0.285. The summed E-state index contributed by atoms with van der Waals surface area (Å²) in [4.78, 5) is 10.6. The maximum absolute atomic E-state index is 14.0. The standard InChI is InChI=1S/C17H16F4N6/c1-26(2)13-8-12(22)27-15(23-13)24-14(25-27)16(5-6-16)9-3-4-10(11(18)7-9)17(19,20)21/h3-4,7-8H,5-6,22H2,1-2H3. The molecule has 0 radical (unpaired) electrons. The van der Waals surface area contributed by atoms with Crippen molar-refractivity contribution in [2.24, 2.45) is 0 Å².